The number of aromatic nitrogens is 1. The summed E-state index contributed by atoms with van der Waals surface area (Å²) in [4.78, 5) is 15.2. The van der Waals surface area contributed by atoms with Gasteiger partial charge in [-0.05, 0) is 12.1 Å². The summed E-state index contributed by atoms with van der Waals surface area (Å²) in [7, 11) is 0. The first-order valence-electron chi connectivity index (χ1n) is 3.07. The summed E-state index contributed by atoms with van der Waals surface area (Å²) in [6, 6.07) is 5.19. The molecule has 1 aromatic heterocycles. The fourth-order valence-corrected chi connectivity index (χ4v) is 0.803. The third-order valence-corrected chi connectivity index (χ3v) is 1.33. The van der Waals surface area contributed by atoms with E-state index in [4.69, 9.17) is 17.1 Å². The predicted molar refractivity (Wildman–Crippen MR) is 42.5 cm³/mol. The molecule has 0 saturated heterocycles. The van der Waals surface area contributed by atoms with E-state index < -0.39 is 0 Å². The zero-order valence-corrected chi connectivity index (χ0v) is 6.80. The van der Waals surface area contributed by atoms with E-state index in [0.717, 1.165) is 0 Å². The number of carbonyl (C=O) groups excluding carboxylic acids is 1. The Hall–Kier alpha value is -1.16. The SMILES string of the molecule is CC(=O)On1ccccc1=S. The molecule has 0 N–H and O–H groups in total. The van der Waals surface area contributed by atoms with Crippen LogP contribution < -0.4 is 4.84 Å². The Morgan fingerprint density at radius 2 is 2.36 bits per heavy atom. The molecule has 1 heterocycles. The van der Waals surface area contributed by atoms with Crippen molar-refractivity contribution in [3.05, 3.63) is 29.0 Å². The molecule has 0 fully saturated rings. The Kier molecular flexibility index (Phi) is 2.38. The number of nitrogens with zero attached hydrogens (tertiary/aromatic N) is 1. The average Bonchev–Trinajstić information content (AvgIpc) is 1.93. The maximum atomic E-state index is 10.5. The lowest BCUT2D eigenvalue weighted by Gasteiger charge is -2.02. The zero-order valence-electron chi connectivity index (χ0n) is 5.98. The van der Waals surface area contributed by atoms with E-state index in [9.17, 15) is 4.79 Å². The van der Waals surface area contributed by atoms with Gasteiger partial charge >= 0.3 is 5.97 Å². The molecule has 11 heavy (non-hydrogen) atoms. The maximum Gasteiger partial charge on any atom is 0.329 e. The van der Waals surface area contributed by atoms with Crippen molar-refractivity contribution in [2.75, 3.05) is 0 Å². The lowest BCUT2D eigenvalue weighted by molar-refractivity contribution is -0.141. The number of pyridine rings is 1. The van der Waals surface area contributed by atoms with Gasteiger partial charge in [0, 0.05) is 13.1 Å². The minimum absolute atomic E-state index is 0.382. The van der Waals surface area contributed by atoms with Crippen LogP contribution in [-0.4, -0.2) is 10.7 Å². The molecule has 0 saturated carbocycles. The van der Waals surface area contributed by atoms with Gasteiger partial charge in [0.15, 0.2) is 0 Å². The van der Waals surface area contributed by atoms with Crippen LogP contribution in [0.25, 0.3) is 0 Å². The predicted octanol–water partition coefficient (Wildman–Crippen LogP) is 1.19. The van der Waals surface area contributed by atoms with Crippen LogP contribution in [0.2, 0.25) is 0 Å². The second-order valence-electron chi connectivity index (χ2n) is 1.95. The summed E-state index contributed by atoms with van der Waals surface area (Å²) in [5.74, 6) is -0.382. The van der Waals surface area contributed by atoms with Gasteiger partial charge in [0.25, 0.3) is 0 Å². The van der Waals surface area contributed by atoms with Gasteiger partial charge in [-0.25, -0.2) is 4.79 Å². The van der Waals surface area contributed by atoms with Crippen molar-refractivity contribution < 1.29 is 9.63 Å². The van der Waals surface area contributed by atoms with E-state index in [0.29, 0.717) is 4.64 Å². The Bertz CT molecular complexity index is 318. The van der Waals surface area contributed by atoms with Gasteiger partial charge in [-0.2, -0.15) is 4.73 Å². The van der Waals surface area contributed by atoms with E-state index in [2.05, 4.69) is 0 Å². The molecular weight excluding hydrogens is 162 g/mol. The van der Waals surface area contributed by atoms with Crippen LogP contribution in [0.4, 0.5) is 0 Å². The van der Waals surface area contributed by atoms with Crippen LogP contribution in [0.1, 0.15) is 6.92 Å². The number of carbonyl (C=O) groups is 1. The molecule has 58 valence electrons. The molecule has 0 spiro atoms. The zero-order chi connectivity index (χ0) is 8.27. The standard InChI is InChI=1S/C7H7NO2S/c1-6(9)10-8-5-3-2-4-7(8)11/h2-5H,1H3. The molecule has 4 heteroatoms. The van der Waals surface area contributed by atoms with Gasteiger partial charge < -0.3 is 4.84 Å². The molecule has 0 aromatic carbocycles. The second kappa shape index (κ2) is 3.30. The Morgan fingerprint density at radius 1 is 1.64 bits per heavy atom. The van der Waals surface area contributed by atoms with Crippen LogP contribution in [0.5, 0.6) is 0 Å². The van der Waals surface area contributed by atoms with Gasteiger partial charge in [0.05, 0.1) is 0 Å². The average molecular weight is 169 g/mol. The third-order valence-electron chi connectivity index (χ3n) is 1.02. The molecule has 1 aromatic rings. The van der Waals surface area contributed by atoms with Crippen molar-refractivity contribution in [2.24, 2.45) is 0 Å². The van der Waals surface area contributed by atoms with E-state index in [1.807, 2.05) is 0 Å². The fraction of sp³-hybridized carbons (Fsp3) is 0.143. The van der Waals surface area contributed by atoms with Crippen molar-refractivity contribution in [3.8, 4) is 0 Å². The molecule has 0 aliphatic heterocycles. The van der Waals surface area contributed by atoms with Gasteiger partial charge in [-0.15, -0.1) is 0 Å². The van der Waals surface area contributed by atoms with E-state index in [1.165, 1.54) is 11.7 Å². The monoisotopic (exact) mass is 169 g/mol. The molecule has 3 nitrogen and oxygen atoms in total. The van der Waals surface area contributed by atoms with Crippen molar-refractivity contribution >= 4 is 18.2 Å². The van der Waals surface area contributed by atoms with Crippen LogP contribution in [0.3, 0.4) is 0 Å². The summed E-state index contributed by atoms with van der Waals surface area (Å²) < 4.78 is 1.72. The van der Waals surface area contributed by atoms with Crippen molar-refractivity contribution in [3.63, 3.8) is 0 Å². The van der Waals surface area contributed by atoms with Gasteiger partial charge in [-0.1, -0.05) is 18.3 Å². The highest BCUT2D eigenvalue weighted by molar-refractivity contribution is 7.71. The summed E-state index contributed by atoms with van der Waals surface area (Å²) in [6.07, 6.45) is 1.59. The molecule has 0 aliphatic carbocycles. The fourth-order valence-electron chi connectivity index (χ4n) is 0.627. The molecule has 0 amide bonds. The van der Waals surface area contributed by atoms with Crippen molar-refractivity contribution in [1.29, 1.82) is 0 Å². The van der Waals surface area contributed by atoms with Gasteiger partial charge in [0.2, 0.25) is 0 Å². The van der Waals surface area contributed by atoms with E-state index in [1.54, 1.807) is 24.4 Å². The molecule has 0 unspecified atom stereocenters. The normalized spacial score (nSPS) is 9.18. The first-order chi connectivity index (χ1) is 5.20. The summed E-state index contributed by atoms with van der Waals surface area (Å²) in [5.41, 5.74) is 0. The number of hydrogen-bond acceptors (Lipinski definition) is 3. The lowest BCUT2D eigenvalue weighted by atomic mass is 10.5. The van der Waals surface area contributed by atoms with Crippen molar-refractivity contribution in [1.82, 2.24) is 4.73 Å². The highest BCUT2D eigenvalue weighted by Gasteiger charge is 1.93. The topological polar surface area (TPSA) is 31.2 Å². The minimum Gasteiger partial charge on any atom is -0.336 e. The molecule has 0 bridgehead atoms. The summed E-state index contributed by atoms with van der Waals surface area (Å²) in [6.45, 7) is 1.33. The highest BCUT2D eigenvalue weighted by atomic mass is 32.1. The summed E-state index contributed by atoms with van der Waals surface area (Å²) >= 11 is 4.86. The Labute approximate surface area is 69.2 Å². The second-order valence-corrected chi connectivity index (χ2v) is 2.37. The first-order valence-corrected chi connectivity index (χ1v) is 3.47. The van der Waals surface area contributed by atoms with E-state index in [-0.39, 0.29) is 5.97 Å². The largest absolute Gasteiger partial charge is 0.336 e. The minimum atomic E-state index is -0.382. The molecule has 0 radical (unpaired) electrons. The summed E-state index contributed by atoms with van der Waals surface area (Å²) in [5, 5.41) is 0. The van der Waals surface area contributed by atoms with Crippen LogP contribution in [0, 0.1) is 4.64 Å². The van der Waals surface area contributed by atoms with Gasteiger partial charge in [-0.3, -0.25) is 0 Å². The Morgan fingerprint density at radius 3 is 2.91 bits per heavy atom. The van der Waals surface area contributed by atoms with Crippen LogP contribution in [0.15, 0.2) is 24.4 Å². The smallest absolute Gasteiger partial charge is 0.329 e. The van der Waals surface area contributed by atoms with Gasteiger partial charge in [0.1, 0.15) is 4.64 Å². The van der Waals surface area contributed by atoms with Crippen LogP contribution in [-0.2, 0) is 4.79 Å². The van der Waals surface area contributed by atoms with Crippen LogP contribution >= 0.6 is 12.2 Å². The third kappa shape index (κ3) is 2.16. The van der Waals surface area contributed by atoms with Crippen molar-refractivity contribution in [2.45, 2.75) is 6.92 Å². The maximum absolute atomic E-state index is 10.5. The van der Waals surface area contributed by atoms with E-state index >= 15 is 0 Å². The highest BCUT2D eigenvalue weighted by Crippen LogP contribution is 1.89. The molecule has 1 rings (SSSR count). The Balaban J connectivity index is 2.95. The lowest BCUT2D eigenvalue weighted by Crippen LogP contribution is -2.16. The molecule has 0 atom stereocenters. The first kappa shape index (κ1) is 7.94. The number of rotatable bonds is 1. The molecule has 0 aliphatic rings. The number of hydrogen-bond donors (Lipinski definition) is 0. The molecular formula is C7H7NO2S. The quantitative estimate of drug-likeness (QED) is 0.592.